The summed E-state index contributed by atoms with van der Waals surface area (Å²) < 4.78 is 15.9. The molecular weight excluding hydrogens is 504 g/mol. The maximum absolute atomic E-state index is 12.7. The van der Waals surface area contributed by atoms with Crippen LogP contribution >= 0.6 is 0 Å². The first-order chi connectivity index (χ1) is 18.2. The van der Waals surface area contributed by atoms with Gasteiger partial charge in [0, 0.05) is 12.5 Å². The molecule has 2 amide bonds. The number of rotatable bonds is 8. The number of nitrogens with one attached hydrogen (secondary N) is 2. The van der Waals surface area contributed by atoms with Crippen LogP contribution in [0.25, 0.3) is 11.1 Å². The lowest BCUT2D eigenvalue weighted by Gasteiger charge is -2.30. The van der Waals surface area contributed by atoms with Crippen LogP contribution < -0.4 is 10.6 Å². The Morgan fingerprint density at radius 1 is 0.821 bits per heavy atom. The number of carbonyl (C=O) groups excluding carboxylic acids is 3. The highest BCUT2D eigenvalue weighted by Crippen LogP contribution is 2.44. The molecule has 0 saturated heterocycles. The molecule has 3 atom stereocenters. The van der Waals surface area contributed by atoms with E-state index in [0.717, 1.165) is 22.3 Å². The third-order valence-corrected chi connectivity index (χ3v) is 5.87. The quantitative estimate of drug-likeness (QED) is 0.293. The predicted octanol–water partition coefficient (Wildman–Crippen LogP) is 3.48. The van der Waals surface area contributed by atoms with Gasteiger partial charge in [0.25, 0.3) is 0 Å². The molecule has 0 radical (unpaired) electrons. The van der Waals surface area contributed by atoms with Gasteiger partial charge in [0.15, 0.2) is 6.04 Å². The van der Waals surface area contributed by atoms with E-state index < -0.39 is 54.2 Å². The van der Waals surface area contributed by atoms with Gasteiger partial charge in [-0.25, -0.2) is 14.4 Å². The molecule has 2 aromatic carbocycles. The van der Waals surface area contributed by atoms with Gasteiger partial charge in [-0.3, -0.25) is 0 Å². The van der Waals surface area contributed by atoms with Crippen LogP contribution in [0.4, 0.5) is 9.59 Å². The van der Waals surface area contributed by atoms with Crippen molar-refractivity contribution in [3.63, 3.8) is 0 Å². The highest BCUT2D eigenvalue weighted by Gasteiger charge is 2.38. The summed E-state index contributed by atoms with van der Waals surface area (Å²) in [6.07, 6.45) is -5.25. The van der Waals surface area contributed by atoms with Gasteiger partial charge in [0.2, 0.25) is 0 Å². The Labute approximate surface area is 228 Å². The normalized spacial score (nSPS) is 15.3. The summed E-state index contributed by atoms with van der Waals surface area (Å²) in [6.45, 7) is 9.40. The molecule has 212 valence electrons. The van der Waals surface area contributed by atoms with Gasteiger partial charge in [-0.15, -0.1) is 0 Å². The van der Waals surface area contributed by atoms with E-state index in [-0.39, 0.29) is 12.5 Å². The van der Waals surface area contributed by atoms with Gasteiger partial charge in [-0.05, 0) is 63.8 Å². The molecule has 0 fully saturated rings. The van der Waals surface area contributed by atoms with E-state index in [1.807, 2.05) is 48.5 Å². The highest BCUT2D eigenvalue weighted by atomic mass is 16.6. The number of amides is 2. The standard InChI is InChI=1S/C29H38N2O8/c1-28(2,3)38-25(34)23(31-27(36)39-29(4,5)6)24(33)22(32)15-30-26(35)37-16-21-19-13-9-7-11-17(19)18-12-8-10-14-20(18)21/h7-14,21-24,32-33H,15-16H2,1-6H3,(H,30,35)(H,31,36)/t22-,23-,24+/m0/s1. The minimum absolute atomic E-state index is 0.0687. The molecule has 0 heterocycles. The van der Waals surface area contributed by atoms with E-state index in [0.29, 0.717) is 0 Å². The van der Waals surface area contributed by atoms with Crippen LogP contribution in [0.1, 0.15) is 58.6 Å². The number of aliphatic hydroxyl groups is 2. The van der Waals surface area contributed by atoms with E-state index in [9.17, 15) is 24.6 Å². The molecule has 0 bridgehead atoms. The lowest BCUT2D eigenvalue weighted by atomic mass is 9.98. The zero-order chi connectivity index (χ0) is 29.0. The summed E-state index contributed by atoms with van der Waals surface area (Å²) in [5.74, 6) is -1.12. The van der Waals surface area contributed by atoms with Gasteiger partial charge >= 0.3 is 18.2 Å². The molecule has 0 spiro atoms. The zero-order valence-corrected chi connectivity index (χ0v) is 23.2. The van der Waals surface area contributed by atoms with E-state index in [1.54, 1.807) is 41.5 Å². The van der Waals surface area contributed by atoms with Crippen molar-refractivity contribution in [1.82, 2.24) is 10.6 Å². The third-order valence-electron chi connectivity index (χ3n) is 5.87. The number of hydrogen-bond acceptors (Lipinski definition) is 8. The van der Waals surface area contributed by atoms with Crippen LogP contribution in [0.15, 0.2) is 48.5 Å². The average molecular weight is 543 g/mol. The second-order valence-electron chi connectivity index (χ2n) is 11.4. The van der Waals surface area contributed by atoms with Crippen LogP contribution in [-0.2, 0) is 19.0 Å². The van der Waals surface area contributed by atoms with Crippen molar-refractivity contribution in [2.75, 3.05) is 13.2 Å². The van der Waals surface area contributed by atoms with Crippen LogP contribution in [0, 0.1) is 0 Å². The summed E-state index contributed by atoms with van der Waals surface area (Å²) in [5.41, 5.74) is 2.50. The predicted molar refractivity (Wildman–Crippen MR) is 144 cm³/mol. The Bertz CT molecular complexity index is 1140. The van der Waals surface area contributed by atoms with Gasteiger partial charge in [0.05, 0.1) is 6.10 Å². The Hall–Kier alpha value is -3.63. The molecule has 1 aliphatic carbocycles. The lowest BCUT2D eigenvalue weighted by molar-refractivity contribution is -0.162. The second-order valence-corrected chi connectivity index (χ2v) is 11.4. The van der Waals surface area contributed by atoms with Crippen molar-refractivity contribution < 1.29 is 38.8 Å². The molecule has 0 aliphatic heterocycles. The molecule has 0 aromatic heterocycles. The van der Waals surface area contributed by atoms with Crippen molar-refractivity contribution in [3.05, 3.63) is 59.7 Å². The summed E-state index contributed by atoms with van der Waals surface area (Å²) in [7, 11) is 0. The number of hydrogen-bond donors (Lipinski definition) is 4. The molecule has 3 rings (SSSR count). The van der Waals surface area contributed by atoms with Crippen molar-refractivity contribution in [3.8, 4) is 11.1 Å². The SMILES string of the molecule is CC(C)(C)OC(=O)N[C@H](C(=O)OC(C)(C)C)[C@H](O)[C@@H](O)CNC(=O)OCC1c2ccccc2-c2ccccc21. The van der Waals surface area contributed by atoms with Gasteiger partial charge < -0.3 is 35.1 Å². The average Bonchev–Trinajstić information content (AvgIpc) is 3.15. The molecule has 4 N–H and O–H groups in total. The fourth-order valence-electron chi connectivity index (χ4n) is 4.26. The summed E-state index contributed by atoms with van der Waals surface area (Å²) in [6, 6.07) is 14.2. The van der Waals surface area contributed by atoms with Crippen LogP contribution in [0.5, 0.6) is 0 Å². The number of alkyl carbamates (subject to hydrolysis) is 2. The first kappa shape index (κ1) is 29.9. The van der Waals surface area contributed by atoms with Crippen LogP contribution in [-0.4, -0.2) is 71.0 Å². The number of benzene rings is 2. The topological polar surface area (TPSA) is 143 Å². The van der Waals surface area contributed by atoms with Crippen molar-refractivity contribution in [2.24, 2.45) is 0 Å². The molecule has 1 aliphatic rings. The first-order valence-electron chi connectivity index (χ1n) is 12.8. The lowest BCUT2D eigenvalue weighted by Crippen LogP contribution is -2.57. The zero-order valence-electron chi connectivity index (χ0n) is 23.2. The molecule has 0 unspecified atom stereocenters. The maximum Gasteiger partial charge on any atom is 0.408 e. The molecule has 39 heavy (non-hydrogen) atoms. The van der Waals surface area contributed by atoms with Crippen LogP contribution in [0.3, 0.4) is 0 Å². The van der Waals surface area contributed by atoms with Gasteiger partial charge in [0.1, 0.15) is 23.9 Å². The Morgan fingerprint density at radius 2 is 1.33 bits per heavy atom. The summed E-state index contributed by atoms with van der Waals surface area (Å²) >= 11 is 0. The maximum atomic E-state index is 12.7. The molecule has 2 aromatic rings. The molecule has 10 nitrogen and oxygen atoms in total. The Morgan fingerprint density at radius 3 is 1.85 bits per heavy atom. The number of esters is 1. The van der Waals surface area contributed by atoms with E-state index in [2.05, 4.69) is 10.6 Å². The largest absolute Gasteiger partial charge is 0.458 e. The summed E-state index contributed by atoms with van der Waals surface area (Å²) in [4.78, 5) is 37.5. The minimum atomic E-state index is -1.82. The minimum Gasteiger partial charge on any atom is -0.458 e. The first-order valence-corrected chi connectivity index (χ1v) is 12.8. The van der Waals surface area contributed by atoms with E-state index in [4.69, 9.17) is 14.2 Å². The Kier molecular flexibility index (Phi) is 9.24. The second kappa shape index (κ2) is 12.0. The van der Waals surface area contributed by atoms with Crippen molar-refractivity contribution in [2.45, 2.75) is 76.9 Å². The monoisotopic (exact) mass is 542 g/mol. The van der Waals surface area contributed by atoms with Gasteiger partial charge in [-0.1, -0.05) is 48.5 Å². The van der Waals surface area contributed by atoms with E-state index in [1.165, 1.54) is 0 Å². The number of ether oxygens (including phenoxy) is 3. The third kappa shape index (κ3) is 8.18. The molecule has 10 heteroatoms. The number of fused-ring (bicyclic) bond motifs is 3. The van der Waals surface area contributed by atoms with Gasteiger partial charge in [-0.2, -0.15) is 0 Å². The number of carbonyl (C=O) groups is 3. The fraction of sp³-hybridized carbons (Fsp3) is 0.483. The number of aliphatic hydroxyl groups excluding tert-OH is 2. The van der Waals surface area contributed by atoms with Crippen LogP contribution in [0.2, 0.25) is 0 Å². The molecule has 0 saturated carbocycles. The van der Waals surface area contributed by atoms with E-state index >= 15 is 0 Å². The fourth-order valence-corrected chi connectivity index (χ4v) is 4.26. The molecular formula is C29H38N2O8. The Balaban J connectivity index is 1.60. The highest BCUT2D eigenvalue weighted by molar-refractivity contribution is 5.82. The smallest absolute Gasteiger partial charge is 0.408 e. The van der Waals surface area contributed by atoms with Crippen molar-refractivity contribution in [1.29, 1.82) is 0 Å². The van der Waals surface area contributed by atoms with Crippen molar-refractivity contribution >= 4 is 18.2 Å². The summed E-state index contributed by atoms with van der Waals surface area (Å²) in [5, 5.41) is 25.9.